The Hall–Kier alpha value is -2.47. The van der Waals surface area contributed by atoms with Crippen LogP contribution in [0.1, 0.15) is 22.9 Å². The Bertz CT molecular complexity index is 656. The summed E-state index contributed by atoms with van der Waals surface area (Å²) >= 11 is 0. The van der Waals surface area contributed by atoms with Gasteiger partial charge in [0.25, 0.3) is 0 Å². The molecule has 0 spiro atoms. The number of aliphatic hydroxyl groups is 1. The maximum Gasteiger partial charge on any atom is 0.320 e. The number of rotatable bonds is 4. The summed E-state index contributed by atoms with van der Waals surface area (Å²) in [5.41, 5.74) is 1.92. The van der Waals surface area contributed by atoms with E-state index in [9.17, 15) is 14.3 Å². The summed E-state index contributed by atoms with van der Waals surface area (Å²) < 4.78 is 13.5. The first kappa shape index (κ1) is 15.9. The number of aromatic nitrogens is 1. The minimum absolute atomic E-state index is 0.0996. The zero-order valence-corrected chi connectivity index (χ0v) is 12.4. The quantitative estimate of drug-likeness (QED) is 0.813. The highest BCUT2D eigenvalue weighted by atomic mass is 19.1. The molecular formula is C16H18FN3O2. The molecule has 2 amide bonds. The molecule has 6 heteroatoms. The van der Waals surface area contributed by atoms with E-state index in [4.69, 9.17) is 0 Å². The number of carbonyl (C=O) groups excluding carboxylic acids is 1. The lowest BCUT2D eigenvalue weighted by molar-refractivity contribution is 0.170. The van der Waals surface area contributed by atoms with Crippen molar-refractivity contribution in [3.63, 3.8) is 0 Å². The van der Waals surface area contributed by atoms with Gasteiger partial charge in [0.05, 0.1) is 6.10 Å². The summed E-state index contributed by atoms with van der Waals surface area (Å²) in [6, 6.07) is 9.03. The van der Waals surface area contributed by atoms with Crippen LogP contribution in [0, 0.1) is 19.7 Å². The number of hydrogen-bond acceptors (Lipinski definition) is 3. The van der Waals surface area contributed by atoms with Crippen molar-refractivity contribution in [2.24, 2.45) is 0 Å². The number of aliphatic hydroxyl groups excluding tert-OH is 1. The number of benzene rings is 1. The fourth-order valence-corrected chi connectivity index (χ4v) is 2.11. The van der Waals surface area contributed by atoms with E-state index >= 15 is 0 Å². The van der Waals surface area contributed by atoms with Crippen LogP contribution in [-0.4, -0.2) is 22.7 Å². The Morgan fingerprint density at radius 2 is 2.05 bits per heavy atom. The van der Waals surface area contributed by atoms with Crippen LogP contribution in [0.25, 0.3) is 0 Å². The van der Waals surface area contributed by atoms with E-state index in [1.807, 2.05) is 19.9 Å². The van der Waals surface area contributed by atoms with Gasteiger partial charge in [0.1, 0.15) is 11.6 Å². The number of amides is 2. The van der Waals surface area contributed by atoms with Crippen molar-refractivity contribution < 1.29 is 14.3 Å². The zero-order valence-electron chi connectivity index (χ0n) is 12.4. The van der Waals surface area contributed by atoms with Crippen molar-refractivity contribution in [3.8, 4) is 0 Å². The van der Waals surface area contributed by atoms with Crippen LogP contribution in [0.3, 0.4) is 0 Å². The predicted octanol–water partition coefficient (Wildman–Crippen LogP) is 2.69. The molecule has 0 unspecified atom stereocenters. The summed E-state index contributed by atoms with van der Waals surface area (Å²) in [7, 11) is 0. The van der Waals surface area contributed by atoms with Crippen LogP contribution in [0.15, 0.2) is 36.4 Å². The lowest BCUT2D eigenvalue weighted by atomic mass is 10.1. The monoisotopic (exact) mass is 303 g/mol. The normalized spacial score (nSPS) is 11.8. The Balaban J connectivity index is 1.91. The van der Waals surface area contributed by atoms with E-state index in [-0.39, 0.29) is 12.1 Å². The second-order valence-electron chi connectivity index (χ2n) is 5.04. The van der Waals surface area contributed by atoms with E-state index in [1.54, 1.807) is 12.1 Å². The molecule has 0 bridgehead atoms. The van der Waals surface area contributed by atoms with Gasteiger partial charge in [-0.3, -0.25) is 5.32 Å². The van der Waals surface area contributed by atoms with Gasteiger partial charge in [0.15, 0.2) is 0 Å². The van der Waals surface area contributed by atoms with E-state index < -0.39 is 18.0 Å². The second-order valence-corrected chi connectivity index (χ2v) is 5.04. The molecule has 2 aromatic rings. The number of halogens is 1. The topological polar surface area (TPSA) is 74.2 Å². The van der Waals surface area contributed by atoms with E-state index in [2.05, 4.69) is 15.6 Å². The van der Waals surface area contributed by atoms with Gasteiger partial charge >= 0.3 is 6.03 Å². The van der Waals surface area contributed by atoms with Crippen molar-refractivity contribution in [2.45, 2.75) is 20.0 Å². The molecular weight excluding hydrogens is 285 g/mol. The molecule has 22 heavy (non-hydrogen) atoms. The molecule has 5 nitrogen and oxygen atoms in total. The smallest absolute Gasteiger partial charge is 0.320 e. The molecule has 0 aliphatic heterocycles. The third-order valence-electron chi connectivity index (χ3n) is 3.06. The fourth-order valence-electron chi connectivity index (χ4n) is 2.11. The highest BCUT2D eigenvalue weighted by molar-refractivity contribution is 5.88. The lowest BCUT2D eigenvalue weighted by Gasteiger charge is -2.13. The van der Waals surface area contributed by atoms with Gasteiger partial charge in [-0.2, -0.15) is 0 Å². The van der Waals surface area contributed by atoms with Crippen LogP contribution < -0.4 is 10.6 Å². The number of anilines is 1. The number of nitrogens with one attached hydrogen (secondary N) is 2. The van der Waals surface area contributed by atoms with Gasteiger partial charge in [-0.25, -0.2) is 14.2 Å². The molecule has 0 fully saturated rings. The van der Waals surface area contributed by atoms with Gasteiger partial charge in [-0.1, -0.05) is 18.2 Å². The number of nitrogens with zero attached hydrogens (tertiary/aromatic N) is 1. The summed E-state index contributed by atoms with van der Waals surface area (Å²) in [6.07, 6.45) is -1.11. The maximum absolute atomic E-state index is 13.5. The van der Waals surface area contributed by atoms with Crippen molar-refractivity contribution in [1.82, 2.24) is 10.3 Å². The van der Waals surface area contributed by atoms with Gasteiger partial charge in [0, 0.05) is 17.8 Å². The van der Waals surface area contributed by atoms with Gasteiger partial charge in [0.2, 0.25) is 0 Å². The van der Waals surface area contributed by atoms with Crippen LogP contribution in [0.2, 0.25) is 0 Å². The molecule has 0 radical (unpaired) electrons. The van der Waals surface area contributed by atoms with Crippen LogP contribution in [-0.2, 0) is 0 Å². The molecule has 2 rings (SSSR count). The molecule has 0 aliphatic rings. The summed E-state index contributed by atoms with van der Waals surface area (Å²) in [5, 5.41) is 15.0. The number of pyridine rings is 1. The van der Waals surface area contributed by atoms with Crippen LogP contribution in [0.4, 0.5) is 15.0 Å². The van der Waals surface area contributed by atoms with Crippen molar-refractivity contribution in [2.75, 3.05) is 11.9 Å². The van der Waals surface area contributed by atoms with E-state index in [1.165, 1.54) is 18.2 Å². The molecule has 0 saturated heterocycles. The highest BCUT2D eigenvalue weighted by Crippen LogP contribution is 2.15. The molecule has 1 aromatic carbocycles. The Morgan fingerprint density at radius 1 is 1.32 bits per heavy atom. The van der Waals surface area contributed by atoms with Gasteiger partial charge in [-0.05, 0) is 37.6 Å². The van der Waals surface area contributed by atoms with Crippen LogP contribution >= 0.6 is 0 Å². The minimum Gasteiger partial charge on any atom is -0.386 e. The molecule has 116 valence electrons. The maximum atomic E-state index is 13.5. The van der Waals surface area contributed by atoms with Crippen LogP contribution in [0.5, 0.6) is 0 Å². The largest absolute Gasteiger partial charge is 0.386 e. The number of hydrogen-bond donors (Lipinski definition) is 3. The number of urea groups is 1. The Morgan fingerprint density at radius 3 is 2.73 bits per heavy atom. The van der Waals surface area contributed by atoms with Gasteiger partial charge in [-0.15, -0.1) is 0 Å². The first-order valence-corrected chi connectivity index (χ1v) is 6.88. The second kappa shape index (κ2) is 7.00. The fraction of sp³-hybridized carbons (Fsp3) is 0.250. The third-order valence-corrected chi connectivity index (χ3v) is 3.06. The molecule has 1 atom stereocenters. The first-order chi connectivity index (χ1) is 10.5. The standard InChI is InChI=1S/C16H18FN3O2/c1-10-7-11(2)19-15(8-10)20-16(22)18-9-14(21)12-5-3-4-6-13(12)17/h3-8,14,21H,9H2,1-2H3,(H2,18,19,20,22)/t14-/m1/s1. The molecule has 0 aliphatic carbocycles. The lowest BCUT2D eigenvalue weighted by Crippen LogP contribution is -2.32. The predicted molar refractivity (Wildman–Crippen MR) is 82.1 cm³/mol. The molecule has 1 heterocycles. The van der Waals surface area contributed by atoms with Crippen molar-refractivity contribution >= 4 is 11.8 Å². The molecule has 1 aromatic heterocycles. The third kappa shape index (κ3) is 4.26. The summed E-state index contributed by atoms with van der Waals surface area (Å²) in [6.45, 7) is 3.63. The Kier molecular flexibility index (Phi) is 5.06. The zero-order chi connectivity index (χ0) is 16.1. The average Bonchev–Trinajstić information content (AvgIpc) is 2.44. The first-order valence-electron chi connectivity index (χ1n) is 6.88. The molecule has 0 saturated carbocycles. The summed E-state index contributed by atoms with van der Waals surface area (Å²) in [5.74, 6) is -0.0800. The highest BCUT2D eigenvalue weighted by Gasteiger charge is 2.13. The average molecular weight is 303 g/mol. The number of carbonyl (C=O) groups is 1. The van der Waals surface area contributed by atoms with Crippen molar-refractivity contribution in [3.05, 3.63) is 59.0 Å². The number of aryl methyl sites for hydroxylation is 2. The van der Waals surface area contributed by atoms with Crippen molar-refractivity contribution in [1.29, 1.82) is 0 Å². The Labute approximate surface area is 128 Å². The summed E-state index contributed by atoms with van der Waals surface area (Å²) in [4.78, 5) is 16.0. The minimum atomic E-state index is -1.11. The van der Waals surface area contributed by atoms with Gasteiger partial charge < -0.3 is 10.4 Å². The molecule has 3 N–H and O–H groups in total. The van der Waals surface area contributed by atoms with E-state index in [0.717, 1.165) is 11.3 Å². The SMILES string of the molecule is Cc1cc(C)nc(NC(=O)NC[C@@H](O)c2ccccc2F)c1. The van der Waals surface area contributed by atoms with E-state index in [0.29, 0.717) is 5.82 Å².